The number of carbonyl (C=O) groups is 2. The monoisotopic (exact) mass is 394 g/mol. The van der Waals surface area contributed by atoms with E-state index in [-0.39, 0.29) is 18.0 Å². The highest BCUT2D eigenvalue weighted by molar-refractivity contribution is 8.02. The fourth-order valence-corrected chi connectivity index (χ4v) is 4.23. The van der Waals surface area contributed by atoms with Crippen molar-refractivity contribution in [2.75, 3.05) is 13.6 Å². The van der Waals surface area contributed by atoms with Gasteiger partial charge in [-0.2, -0.15) is 0 Å². The highest BCUT2D eigenvalue weighted by Crippen LogP contribution is 2.41. The summed E-state index contributed by atoms with van der Waals surface area (Å²) in [6, 6.07) is 9.12. The predicted octanol–water partition coefficient (Wildman–Crippen LogP) is 4.35. The first-order valence-electron chi connectivity index (χ1n) is 8.87. The summed E-state index contributed by atoms with van der Waals surface area (Å²) >= 11 is 1.15. The lowest BCUT2D eigenvalue weighted by atomic mass is 9.95. The molecule has 146 valence electrons. The van der Waals surface area contributed by atoms with E-state index in [0.717, 1.165) is 16.7 Å². The van der Waals surface area contributed by atoms with Crippen molar-refractivity contribution in [1.29, 1.82) is 0 Å². The number of benzene rings is 1. The zero-order valence-corrected chi connectivity index (χ0v) is 16.5. The van der Waals surface area contributed by atoms with Crippen LogP contribution in [0.2, 0.25) is 0 Å². The highest BCUT2D eigenvalue weighted by atomic mass is 32.2. The topological polar surface area (TPSA) is 49.4 Å². The number of likely N-dealkylation sites (tertiary alicyclic amines) is 1. The van der Waals surface area contributed by atoms with Gasteiger partial charge < -0.3 is 10.2 Å². The van der Waals surface area contributed by atoms with Crippen LogP contribution in [-0.4, -0.2) is 35.1 Å². The second kappa shape index (κ2) is 9.17. The molecule has 0 aromatic heterocycles. The molecule has 1 unspecified atom stereocenters. The lowest BCUT2D eigenvalue weighted by Crippen LogP contribution is -2.58. The number of rotatable bonds is 6. The van der Waals surface area contributed by atoms with Gasteiger partial charge in [0.2, 0.25) is 5.91 Å². The first-order chi connectivity index (χ1) is 12.9. The molecule has 1 N–H and O–H groups in total. The molecule has 27 heavy (non-hydrogen) atoms. The first kappa shape index (κ1) is 21.2. The van der Waals surface area contributed by atoms with Crippen molar-refractivity contribution in [2.24, 2.45) is 0 Å². The molecule has 1 heterocycles. The molecule has 1 aromatic rings. The average Bonchev–Trinajstić information content (AvgIpc) is 2.69. The summed E-state index contributed by atoms with van der Waals surface area (Å²) in [6.07, 6.45) is 2.13. The highest BCUT2D eigenvalue weighted by Gasteiger charge is 2.50. The third kappa shape index (κ3) is 4.58. The maximum atomic E-state index is 14.2. The maximum Gasteiger partial charge on any atom is 0.250 e. The van der Waals surface area contributed by atoms with Gasteiger partial charge in [-0.3, -0.25) is 9.59 Å². The number of thioether (sulfide) groups is 1. The molecule has 1 saturated heterocycles. The molecule has 1 fully saturated rings. The number of hydrogen-bond donors (Lipinski definition) is 1. The molecule has 0 aliphatic carbocycles. The zero-order chi connectivity index (χ0) is 20.0. The van der Waals surface area contributed by atoms with Crippen molar-refractivity contribution >= 4 is 23.6 Å². The van der Waals surface area contributed by atoms with E-state index in [1.165, 1.54) is 24.8 Å². The number of nitrogens with zero attached hydrogens (tertiary/aromatic N) is 1. The molecule has 1 aromatic carbocycles. The number of piperidine rings is 1. The Morgan fingerprint density at radius 2 is 2.00 bits per heavy atom. The molecular weight excluding hydrogens is 370 g/mol. The van der Waals surface area contributed by atoms with Crippen LogP contribution in [0.3, 0.4) is 0 Å². The van der Waals surface area contributed by atoms with E-state index in [1.54, 1.807) is 7.05 Å². The predicted molar refractivity (Wildman–Crippen MR) is 103 cm³/mol. The Hall–Kier alpha value is -2.15. The first-order valence-corrected chi connectivity index (χ1v) is 9.69. The van der Waals surface area contributed by atoms with Gasteiger partial charge in [0.15, 0.2) is 10.6 Å². The van der Waals surface area contributed by atoms with E-state index in [2.05, 4.69) is 5.32 Å². The SMILES string of the molecule is C/C=C(NC(=O)C1(Sc2ccccc2)CCCN(C)C1=O)\C(F)=C(\F)CC. The summed E-state index contributed by atoms with van der Waals surface area (Å²) in [4.78, 5) is 28.4. The molecule has 1 aliphatic rings. The Kier molecular flexibility index (Phi) is 7.18. The van der Waals surface area contributed by atoms with Gasteiger partial charge in [0, 0.05) is 18.5 Å². The minimum absolute atomic E-state index is 0.120. The molecule has 2 amide bonds. The van der Waals surface area contributed by atoms with Gasteiger partial charge in [-0.1, -0.05) is 43.0 Å². The minimum atomic E-state index is -1.43. The van der Waals surface area contributed by atoms with Crippen LogP contribution in [-0.2, 0) is 9.59 Å². The fraction of sp³-hybridized carbons (Fsp3) is 0.400. The zero-order valence-electron chi connectivity index (χ0n) is 15.7. The van der Waals surface area contributed by atoms with Gasteiger partial charge in [0.05, 0.1) is 5.70 Å². The van der Waals surface area contributed by atoms with E-state index in [1.807, 2.05) is 30.3 Å². The number of hydrogen-bond acceptors (Lipinski definition) is 3. The van der Waals surface area contributed by atoms with Gasteiger partial charge in [0.25, 0.3) is 5.91 Å². The Labute approximate surface area is 162 Å². The van der Waals surface area contributed by atoms with Gasteiger partial charge in [-0.05, 0) is 38.3 Å². The Morgan fingerprint density at radius 3 is 2.59 bits per heavy atom. The number of carbonyl (C=O) groups excluding carboxylic acids is 2. The summed E-state index contributed by atoms with van der Waals surface area (Å²) in [7, 11) is 1.64. The summed E-state index contributed by atoms with van der Waals surface area (Å²) in [5.41, 5.74) is -0.256. The number of amides is 2. The van der Waals surface area contributed by atoms with E-state index in [4.69, 9.17) is 0 Å². The van der Waals surface area contributed by atoms with E-state index in [0.29, 0.717) is 19.4 Å². The molecule has 0 radical (unpaired) electrons. The Morgan fingerprint density at radius 1 is 1.33 bits per heavy atom. The Balaban J connectivity index is 2.38. The molecule has 2 rings (SSSR count). The van der Waals surface area contributed by atoms with Crippen molar-refractivity contribution in [3.8, 4) is 0 Å². The molecule has 0 bridgehead atoms. The van der Waals surface area contributed by atoms with E-state index >= 15 is 0 Å². The molecule has 4 nitrogen and oxygen atoms in total. The molecule has 1 aliphatic heterocycles. The van der Waals surface area contributed by atoms with Crippen LogP contribution in [0.5, 0.6) is 0 Å². The van der Waals surface area contributed by atoms with Crippen LogP contribution in [0.25, 0.3) is 0 Å². The lowest BCUT2D eigenvalue weighted by molar-refractivity contribution is -0.141. The van der Waals surface area contributed by atoms with Crippen LogP contribution < -0.4 is 5.32 Å². The van der Waals surface area contributed by atoms with Gasteiger partial charge in [-0.25, -0.2) is 8.78 Å². The largest absolute Gasteiger partial charge is 0.344 e. The summed E-state index contributed by atoms with van der Waals surface area (Å²) in [5.74, 6) is -3.03. The third-order valence-corrected chi connectivity index (χ3v) is 5.86. The van der Waals surface area contributed by atoms with Crippen molar-refractivity contribution in [1.82, 2.24) is 10.2 Å². The maximum absolute atomic E-state index is 14.2. The van der Waals surface area contributed by atoms with Gasteiger partial charge in [0.1, 0.15) is 5.83 Å². The van der Waals surface area contributed by atoms with Gasteiger partial charge in [-0.15, -0.1) is 0 Å². The number of nitrogens with one attached hydrogen (secondary N) is 1. The van der Waals surface area contributed by atoms with Crippen LogP contribution in [0.1, 0.15) is 33.1 Å². The van der Waals surface area contributed by atoms with E-state index in [9.17, 15) is 18.4 Å². The number of halogens is 2. The molecule has 7 heteroatoms. The normalized spacial score (nSPS) is 21.7. The third-order valence-electron chi connectivity index (χ3n) is 4.44. The quantitative estimate of drug-likeness (QED) is 0.576. The fourth-order valence-electron chi connectivity index (χ4n) is 2.90. The summed E-state index contributed by atoms with van der Waals surface area (Å²) in [6.45, 7) is 3.54. The number of allylic oxidation sites excluding steroid dienone is 3. The molecule has 1 atom stereocenters. The molecular formula is C20H24F2N2O2S. The van der Waals surface area contributed by atoms with Crippen molar-refractivity contribution in [3.05, 3.63) is 53.8 Å². The molecule has 0 spiro atoms. The second-order valence-electron chi connectivity index (χ2n) is 6.30. The summed E-state index contributed by atoms with van der Waals surface area (Å²) < 4.78 is 26.5. The van der Waals surface area contributed by atoms with Crippen molar-refractivity contribution in [2.45, 2.75) is 42.8 Å². The van der Waals surface area contributed by atoms with Crippen LogP contribution in [0.4, 0.5) is 8.78 Å². The van der Waals surface area contributed by atoms with Crippen molar-refractivity contribution < 1.29 is 18.4 Å². The second-order valence-corrected chi connectivity index (χ2v) is 7.67. The smallest absolute Gasteiger partial charge is 0.250 e. The Bertz CT molecular complexity index is 765. The van der Waals surface area contributed by atoms with Crippen LogP contribution >= 0.6 is 11.8 Å². The van der Waals surface area contributed by atoms with E-state index < -0.39 is 22.3 Å². The average molecular weight is 394 g/mol. The van der Waals surface area contributed by atoms with Crippen molar-refractivity contribution in [3.63, 3.8) is 0 Å². The van der Waals surface area contributed by atoms with Gasteiger partial charge >= 0.3 is 0 Å². The minimum Gasteiger partial charge on any atom is -0.344 e. The molecule has 0 saturated carbocycles. The van der Waals surface area contributed by atoms with Crippen LogP contribution in [0.15, 0.2) is 58.7 Å². The summed E-state index contributed by atoms with van der Waals surface area (Å²) in [5, 5.41) is 2.44. The standard InChI is InChI=1S/C20H24F2N2O2S/c1-4-15(21)17(22)16(5-2)23-18(25)20(12-9-13-24(3)19(20)26)27-14-10-7-6-8-11-14/h5-8,10-11H,4,9,12-13H2,1-3H3,(H,23,25)/b16-5+,17-15-. The lowest BCUT2D eigenvalue weighted by Gasteiger charge is -2.38. The van der Waals surface area contributed by atoms with Crippen LogP contribution in [0, 0.1) is 0 Å².